The highest BCUT2D eigenvalue weighted by Gasteiger charge is 2.24. The molecular weight excluding hydrogens is 370 g/mol. The topological polar surface area (TPSA) is 82.1 Å². The number of carbonyl (C=O) groups is 1. The Balaban J connectivity index is 2.04. The number of rotatable bonds is 8. The Morgan fingerprint density at radius 2 is 1.81 bits per heavy atom. The van der Waals surface area contributed by atoms with Crippen LogP contribution in [0.4, 0.5) is 0 Å². The molecule has 0 atom stereocenters. The molecule has 0 aliphatic rings. The van der Waals surface area contributed by atoms with Gasteiger partial charge in [-0.15, -0.1) is 0 Å². The zero-order valence-electron chi connectivity index (χ0n) is 15.8. The van der Waals surface area contributed by atoms with Gasteiger partial charge in [0.05, 0.1) is 12.7 Å². The molecule has 2 rings (SSSR count). The Hall–Kier alpha value is -2.58. The van der Waals surface area contributed by atoms with E-state index in [1.54, 1.807) is 0 Å². The molecule has 0 fully saturated rings. The number of sulfonamides is 1. The molecule has 0 unspecified atom stereocenters. The van der Waals surface area contributed by atoms with Crippen LogP contribution in [0.25, 0.3) is 0 Å². The fourth-order valence-corrected chi connectivity index (χ4v) is 3.36. The van der Waals surface area contributed by atoms with Gasteiger partial charge in [0.1, 0.15) is 29.6 Å². The molecular formula is C19H23NO6S. The van der Waals surface area contributed by atoms with Gasteiger partial charge in [-0.3, -0.25) is 0 Å². The minimum atomic E-state index is -3.77. The van der Waals surface area contributed by atoms with Crippen LogP contribution < -0.4 is 9.47 Å². The van der Waals surface area contributed by atoms with Crippen LogP contribution in [0.1, 0.15) is 15.9 Å². The Morgan fingerprint density at radius 1 is 1.07 bits per heavy atom. The summed E-state index contributed by atoms with van der Waals surface area (Å²) in [5, 5.41) is 0. The van der Waals surface area contributed by atoms with Crippen LogP contribution in [-0.2, 0) is 14.8 Å². The second-order valence-electron chi connectivity index (χ2n) is 5.95. The number of hydrogen-bond donors (Lipinski definition) is 0. The van der Waals surface area contributed by atoms with Crippen LogP contribution in [0.2, 0.25) is 0 Å². The lowest BCUT2D eigenvalue weighted by atomic mass is 10.2. The second kappa shape index (κ2) is 8.88. The molecule has 0 aliphatic heterocycles. The molecule has 27 heavy (non-hydrogen) atoms. The molecule has 0 spiro atoms. The van der Waals surface area contributed by atoms with Crippen LogP contribution >= 0.6 is 0 Å². The van der Waals surface area contributed by atoms with Crippen LogP contribution in [0, 0.1) is 6.92 Å². The first-order chi connectivity index (χ1) is 12.8. The average molecular weight is 393 g/mol. The van der Waals surface area contributed by atoms with Gasteiger partial charge in [-0.25, -0.2) is 17.5 Å². The SMILES string of the molecule is COc1ccc(C(=O)OCCOc2cccc(C)c2)cc1S(=O)(=O)N(C)C. The molecule has 0 N–H and O–H groups in total. The maximum atomic E-state index is 12.4. The maximum Gasteiger partial charge on any atom is 0.338 e. The number of carbonyl (C=O) groups excluding carboxylic acids is 1. The Kier molecular flexibility index (Phi) is 6.81. The van der Waals surface area contributed by atoms with Crippen molar-refractivity contribution in [2.24, 2.45) is 0 Å². The van der Waals surface area contributed by atoms with E-state index in [2.05, 4.69) is 0 Å². The lowest BCUT2D eigenvalue weighted by Crippen LogP contribution is -2.23. The average Bonchev–Trinajstić information content (AvgIpc) is 2.64. The van der Waals surface area contributed by atoms with E-state index in [-0.39, 0.29) is 29.4 Å². The van der Waals surface area contributed by atoms with Gasteiger partial charge in [0.25, 0.3) is 0 Å². The summed E-state index contributed by atoms with van der Waals surface area (Å²) in [5.41, 5.74) is 1.18. The molecule has 0 aliphatic carbocycles. The third-order valence-electron chi connectivity index (χ3n) is 3.73. The van der Waals surface area contributed by atoms with Crippen molar-refractivity contribution in [2.75, 3.05) is 34.4 Å². The van der Waals surface area contributed by atoms with Gasteiger partial charge in [0.2, 0.25) is 10.0 Å². The fourth-order valence-electron chi connectivity index (χ4n) is 2.28. The van der Waals surface area contributed by atoms with Gasteiger partial charge in [-0.1, -0.05) is 12.1 Å². The number of esters is 1. The Labute approximate surface area is 159 Å². The third kappa shape index (κ3) is 5.21. The first kappa shape index (κ1) is 20.7. The van der Waals surface area contributed by atoms with Crippen LogP contribution in [0.5, 0.6) is 11.5 Å². The summed E-state index contributed by atoms with van der Waals surface area (Å²) in [5.74, 6) is 0.207. The highest BCUT2D eigenvalue weighted by atomic mass is 32.2. The highest BCUT2D eigenvalue weighted by molar-refractivity contribution is 7.89. The molecule has 0 saturated carbocycles. The Bertz CT molecular complexity index is 908. The number of ether oxygens (including phenoxy) is 3. The van der Waals surface area contributed by atoms with Gasteiger partial charge in [0.15, 0.2) is 0 Å². The molecule has 0 bridgehead atoms. The molecule has 146 valence electrons. The lowest BCUT2D eigenvalue weighted by molar-refractivity contribution is 0.0450. The van der Waals surface area contributed by atoms with E-state index in [0.29, 0.717) is 5.75 Å². The number of aryl methyl sites for hydroxylation is 1. The van der Waals surface area contributed by atoms with Crippen LogP contribution in [0.3, 0.4) is 0 Å². The summed E-state index contributed by atoms with van der Waals surface area (Å²) in [6.07, 6.45) is 0. The van der Waals surface area contributed by atoms with Crippen molar-refractivity contribution < 1.29 is 27.4 Å². The normalized spacial score (nSPS) is 11.3. The lowest BCUT2D eigenvalue weighted by Gasteiger charge is -2.15. The van der Waals surface area contributed by atoms with Gasteiger partial charge < -0.3 is 14.2 Å². The summed E-state index contributed by atoms with van der Waals surface area (Å²) >= 11 is 0. The molecule has 0 amide bonds. The summed E-state index contributed by atoms with van der Waals surface area (Å²) in [6, 6.07) is 11.7. The quantitative estimate of drug-likeness (QED) is 0.506. The summed E-state index contributed by atoms with van der Waals surface area (Å²) in [7, 11) is 0.411. The highest BCUT2D eigenvalue weighted by Crippen LogP contribution is 2.27. The second-order valence-corrected chi connectivity index (χ2v) is 8.07. The van der Waals surface area contributed by atoms with E-state index < -0.39 is 16.0 Å². The first-order valence-electron chi connectivity index (χ1n) is 8.23. The van der Waals surface area contributed by atoms with Crippen molar-refractivity contribution >= 4 is 16.0 Å². The van der Waals surface area contributed by atoms with E-state index in [0.717, 1.165) is 9.87 Å². The minimum Gasteiger partial charge on any atom is -0.495 e. The zero-order valence-corrected chi connectivity index (χ0v) is 16.6. The van der Waals surface area contributed by atoms with Crippen molar-refractivity contribution in [3.05, 3.63) is 53.6 Å². The van der Waals surface area contributed by atoms with Crippen molar-refractivity contribution in [3.63, 3.8) is 0 Å². The van der Waals surface area contributed by atoms with Crippen molar-refractivity contribution in [2.45, 2.75) is 11.8 Å². The number of methoxy groups -OCH3 is 1. The smallest absolute Gasteiger partial charge is 0.338 e. The predicted octanol–water partition coefficient (Wildman–Crippen LogP) is 2.49. The molecule has 2 aromatic rings. The minimum absolute atomic E-state index is 0.0363. The Morgan fingerprint density at radius 3 is 2.44 bits per heavy atom. The van der Waals surface area contributed by atoms with Gasteiger partial charge in [-0.05, 0) is 42.8 Å². The maximum absolute atomic E-state index is 12.4. The van der Waals surface area contributed by atoms with Crippen LogP contribution in [0.15, 0.2) is 47.4 Å². The standard InChI is InChI=1S/C19H23NO6S/c1-14-6-5-7-16(12-14)25-10-11-26-19(21)15-8-9-17(24-4)18(13-15)27(22,23)20(2)3/h5-9,12-13H,10-11H2,1-4H3. The molecule has 0 saturated heterocycles. The van der Waals surface area contributed by atoms with Gasteiger partial charge >= 0.3 is 5.97 Å². The molecule has 0 heterocycles. The monoisotopic (exact) mass is 393 g/mol. The van der Waals surface area contributed by atoms with Crippen LogP contribution in [-0.4, -0.2) is 53.1 Å². The van der Waals surface area contributed by atoms with Gasteiger partial charge in [0, 0.05) is 14.1 Å². The van der Waals surface area contributed by atoms with E-state index in [1.807, 2.05) is 31.2 Å². The van der Waals surface area contributed by atoms with E-state index in [1.165, 1.54) is 39.4 Å². The van der Waals surface area contributed by atoms with E-state index in [4.69, 9.17) is 14.2 Å². The van der Waals surface area contributed by atoms with Gasteiger partial charge in [-0.2, -0.15) is 0 Å². The predicted molar refractivity (Wildman–Crippen MR) is 101 cm³/mol. The first-order valence-corrected chi connectivity index (χ1v) is 9.67. The zero-order chi connectivity index (χ0) is 20.0. The van der Waals surface area contributed by atoms with E-state index in [9.17, 15) is 13.2 Å². The van der Waals surface area contributed by atoms with E-state index >= 15 is 0 Å². The summed E-state index contributed by atoms with van der Waals surface area (Å²) in [6.45, 7) is 2.18. The fraction of sp³-hybridized carbons (Fsp3) is 0.316. The summed E-state index contributed by atoms with van der Waals surface area (Å²) in [4.78, 5) is 12.1. The molecule has 2 aromatic carbocycles. The molecule has 0 radical (unpaired) electrons. The number of nitrogens with zero attached hydrogens (tertiary/aromatic N) is 1. The molecule has 0 aromatic heterocycles. The molecule has 7 nitrogen and oxygen atoms in total. The van der Waals surface area contributed by atoms with Crippen molar-refractivity contribution in [1.29, 1.82) is 0 Å². The van der Waals surface area contributed by atoms with Crippen molar-refractivity contribution in [3.8, 4) is 11.5 Å². The third-order valence-corrected chi connectivity index (χ3v) is 5.57. The van der Waals surface area contributed by atoms with Crippen molar-refractivity contribution in [1.82, 2.24) is 4.31 Å². The summed E-state index contributed by atoms with van der Waals surface area (Å²) < 4.78 is 41.6. The largest absolute Gasteiger partial charge is 0.495 e. The molecule has 8 heteroatoms. The number of hydrogen-bond acceptors (Lipinski definition) is 6. The number of benzene rings is 2.